The van der Waals surface area contributed by atoms with E-state index in [1.54, 1.807) is 44.2 Å². The third-order valence-electron chi connectivity index (χ3n) is 7.02. The van der Waals surface area contributed by atoms with Crippen LogP contribution >= 0.6 is 11.6 Å². The maximum Gasteiger partial charge on any atom is 0.229 e. The molecule has 1 aliphatic heterocycles. The minimum absolute atomic E-state index is 0.0172. The summed E-state index contributed by atoms with van der Waals surface area (Å²) in [6, 6.07) is 14.7. The lowest BCUT2D eigenvalue weighted by atomic mass is 9.87. The van der Waals surface area contributed by atoms with Gasteiger partial charge in [-0.1, -0.05) is 17.7 Å². The van der Waals surface area contributed by atoms with Crippen LogP contribution in [0.1, 0.15) is 34.2 Å². The quantitative estimate of drug-likeness (QED) is 0.273. The van der Waals surface area contributed by atoms with Gasteiger partial charge in [-0.05, 0) is 73.0 Å². The molecule has 1 aliphatic rings. The SMILES string of the molecule is COc1ccc(-c2nc(CC(=O)N3CCc4cc(OC)c(OC)cc4C3c3c(F)cccc3Cl)c(C)o2)cc1. The van der Waals surface area contributed by atoms with Gasteiger partial charge < -0.3 is 23.5 Å². The van der Waals surface area contributed by atoms with Gasteiger partial charge in [0.15, 0.2) is 11.5 Å². The number of carbonyl (C=O) groups is 1. The number of carbonyl (C=O) groups excluding carboxylic acids is 1. The summed E-state index contributed by atoms with van der Waals surface area (Å²) >= 11 is 6.54. The predicted octanol–water partition coefficient (Wildman–Crippen LogP) is 6.19. The summed E-state index contributed by atoms with van der Waals surface area (Å²) in [5.74, 6) is 2.00. The molecule has 0 spiro atoms. The van der Waals surface area contributed by atoms with E-state index < -0.39 is 11.9 Å². The molecule has 39 heavy (non-hydrogen) atoms. The molecule has 0 fully saturated rings. The van der Waals surface area contributed by atoms with Crippen LogP contribution in [0, 0.1) is 12.7 Å². The second kappa shape index (κ2) is 11.0. The van der Waals surface area contributed by atoms with Gasteiger partial charge in [0.25, 0.3) is 0 Å². The van der Waals surface area contributed by atoms with Crippen molar-refractivity contribution in [2.24, 2.45) is 0 Å². The van der Waals surface area contributed by atoms with Gasteiger partial charge >= 0.3 is 0 Å². The zero-order chi connectivity index (χ0) is 27.7. The Morgan fingerprint density at radius 2 is 1.79 bits per heavy atom. The molecule has 1 atom stereocenters. The van der Waals surface area contributed by atoms with Crippen molar-refractivity contribution < 1.29 is 27.8 Å². The first-order chi connectivity index (χ1) is 18.8. The zero-order valence-corrected chi connectivity index (χ0v) is 22.8. The maximum absolute atomic E-state index is 15.3. The number of oxazole rings is 1. The summed E-state index contributed by atoms with van der Waals surface area (Å²) in [7, 11) is 4.70. The molecule has 9 heteroatoms. The number of aromatic nitrogens is 1. The lowest BCUT2D eigenvalue weighted by Gasteiger charge is -2.38. The zero-order valence-electron chi connectivity index (χ0n) is 22.1. The third-order valence-corrected chi connectivity index (χ3v) is 7.35. The summed E-state index contributed by atoms with van der Waals surface area (Å²) < 4.78 is 37.4. The molecular weight excluding hydrogens is 523 g/mol. The first-order valence-corrected chi connectivity index (χ1v) is 12.8. The van der Waals surface area contributed by atoms with Gasteiger partial charge in [0.1, 0.15) is 17.3 Å². The van der Waals surface area contributed by atoms with Crippen molar-refractivity contribution in [2.45, 2.75) is 25.8 Å². The smallest absolute Gasteiger partial charge is 0.229 e. The Labute approximate surface area is 231 Å². The van der Waals surface area contributed by atoms with E-state index in [4.69, 9.17) is 30.2 Å². The van der Waals surface area contributed by atoms with Crippen LogP contribution in [0.15, 0.2) is 59.0 Å². The molecule has 7 nitrogen and oxygen atoms in total. The van der Waals surface area contributed by atoms with Gasteiger partial charge in [0.2, 0.25) is 11.8 Å². The molecule has 0 bridgehead atoms. The van der Waals surface area contributed by atoms with Gasteiger partial charge in [-0.3, -0.25) is 4.79 Å². The van der Waals surface area contributed by atoms with Crippen LogP contribution in [0.5, 0.6) is 17.2 Å². The fourth-order valence-electron chi connectivity index (χ4n) is 4.99. The average molecular weight is 551 g/mol. The Bertz CT molecular complexity index is 1500. The highest BCUT2D eigenvalue weighted by Crippen LogP contribution is 2.44. The standard InChI is InChI=1S/C30H28ClFN2O5/c1-17-24(33-30(39-17)18-8-10-20(36-2)11-9-18)16-27(35)34-13-12-19-14-25(37-3)26(38-4)15-21(19)29(34)28-22(31)6-5-7-23(28)32/h5-11,14-15,29H,12-13,16H2,1-4H3. The summed E-state index contributed by atoms with van der Waals surface area (Å²) in [6.07, 6.45) is 0.537. The number of hydrogen-bond acceptors (Lipinski definition) is 6. The molecule has 0 radical (unpaired) electrons. The predicted molar refractivity (Wildman–Crippen MR) is 145 cm³/mol. The van der Waals surface area contributed by atoms with Gasteiger partial charge in [-0.2, -0.15) is 0 Å². The van der Waals surface area contributed by atoms with Crippen molar-refractivity contribution >= 4 is 17.5 Å². The summed E-state index contributed by atoms with van der Waals surface area (Å²) in [5, 5.41) is 0.236. The van der Waals surface area contributed by atoms with Gasteiger partial charge in [0.05, 0.1) is 39.5 Å². The maximum atomic E-state index is 15.3. The topological polar surface area (TPSA) is 74.0 Å². The Balaban J connectivity index is 1.52. The molecule has 0 saturated carbocycles. The Hall–Kier alpha value is -4.04. The van der Waals surface area contributed by atoms with Crippen LogP contribution < -0.4 is 14.2 Å². The number of ether oxygens (including phenoxy) is 3. The van der Waals surface area contributed by atoms with Gasteiger partial charge in [-0.25, -0.2) is 9.37 Å². The number of methoxy groups -OCH3 is 3. The third kappa shape index (κ3) is 5.04. The average Bonchev–Trinajstić information content (AvgIpc) is 3.31. The second-order valence-corrected chi connectivity index (χ2v) is 9.62. The highest BCUT2D eigenvalue weighted by Gasteiger charge is 2.36. The van der Waals surface area contributed by atoms with Crippen molar-refractivity contribution in [3.63, 3.8) is 0 Å². The molecule has 2 heterocycles. The molecule has 202 valence electrons. The highest BCUT2D eigenvalue weighted by atomic mass is 35.5. The van der Waals surface area contributed by atoms with Crippen LogP contribution in [0.4, 0.5) is 4.39 Å². The Kier molecular flexibility index (Phi) is 7.48. The number of benzene rings is 3. The number of rotatable bonds is 7. The largest absolute Gasteiger partial charge is 0.497 e. The minimum atomic E-state index is -0.761. The molecule has 1 unspecified atom stereocenters. The minimum Gasteiger partial charge on any atom is -0.497 e. The monoisotopic (exact) mass is 550 g/mol. The number of hydrogen-bond donors (Lipinski definition) is 0. The first-order valence-electron chi connectivity index (χ1n) is 12.4. The van der Waals surface area contributed by atoms with E-state index >= 15 is 4.39 Å². The summed E-state index contributed by atoms with van der Waals surface area (Å²) in [5.41, 5.74) is 3.18. The van der Waals surface area contributed by atoms with Crippen molar-refractivity contribution in [3.05, 3.63) is 93.6 Å². The van der Waals surface area contributed by atoms with Crippen LogP contribution in [0.3, 0.4) is 0 Å². The van der Waals surface area contributed by atoms with Crippen molar-refractivity contribution in [2.75, 3.05) is 27.9 Å². The van der Waals surface area contributed by atoms with Crippen LogP contribution in [-0.2, 0) is 17.6 Å². The second-order valence-electron chi connectivity index (χ2n) is 9.21. The van der Waals surface area contributed by atoms with Crippen molar-refractivity contribution in [1.29, 1.82) is 0 Å². The Morgan fingerprint density at radius 1 is 1.08 bits per heavy atom. The molecule has 0 saturated heterocycles. The van der Waals surface area contributed by atoms with Crippen LogP contribution in [-0.4, -0.2) is 43.7 Å². The van der Waals surface area contributed by atoms with Crippen molar-refractivity contribution in [3.8, 4) is 28.7 Å². The van der Waals surface area contributed by atoms with E-state index in [0.29, 0.717) is 41.8 Å². The highest BCUT2D eigenvalue weighted by molar-refractivity contribution is 6.31. The van der Waals surface area contributed by atoms with Crippen LogP contribution in [0.2, 0.25) is 5.02 Å². The lowest BCUT2D eigenvalue weighted by molar-refractivity contribution is -0.132. The molecule has 0 aliphatic carbocycles. The van der Waals surface area contributed by atoms with Crippen LogP contribution in [0.25, 0.3) is 11.5 Å². The first kappa shape index (κ1) is 26.6. The van der Waals surface area contributed by atoms with E-state index in [2.05, 4.69) is 4.98 Å². The van der Waals surface area contributed by atoms with E-state index in [9.17, 15) is 4.79 Å². The van der Waals surface area contributed by atoms with Crippen molar-refractivity contribution in [1.82, 2.24) is 9.88 Å². The molecule has 4 aromatic rings. The number of nitrogens with zero attached hydrogens (tertiary/aromatic N) is 2. The fraction of sp³-hybridized carbons (Fsp3) is 0.267. The van der Waals surface area contributed by atoms with E-state index in [-0.39, 0.29) is 22.9 Å². The molecule has 1 aromatic heterocycles. The molecular formula is C30H28ClFN2O5. The lowest BCUT2D eigenvalue weighted by Crippen LogP contribution is -2.42. The van der Waals surface area contributed by atoms with E-state index in [1.807, 2.05) is 30.3 Å². The molecule has 0 N–H and O–H groups in total. The van der Waals surface area contributed by atoms with E-state index in [0.717, 1.165) is 22.4 Å². The number of amides is 1. The number of fused-ring (bicyclic) bond motifs is 1. The Morgan fingerprint density at radius 3 is 2.46 bits per heavy atom. The summed E-state index contributed by atoms with van der Waals surface area (Å²) in [4.78, 5) is 20.1. The summed E-state index contributed by atoms with van der Waals surface area (Å²) in [6.45, 7) is 2.13. The number of halogens is 2. The molecule has 1 amide bonds. The molecule has 3 aromatic carbocycles. The normalized spacial score (nSPS) is 14.6. The van der Waals surface area contributed by atoms with Gasteiger partial charge in [0, 0.05) is 22.7 Å². The molecule has 5 rings (SSSR count). The van der Waals surface area contributed by atoms with E-state index in [1.165, 1.54) is 13.2 Å². The number of aryl methyl sites for hydroxylation is 1. The van der Waals surface area contributed by atoms with Gasteiger partial charge in [-0.15, -0.1) is 0 Å². The fourth-order valence-corrected chi connectivity index (χ4v) is 5.26.